The summed E-state index contributed by atoms with van der Waals surface area (Å²) < 4.78 is 12.3. The van der Waals surface area contributed by atoms with Crippen molar-refractivity contribution < 1.29 is 19.2 Å². The Labute approximate surface area is 169 Å². The molecule has 0 amide bonds. The minimum absolute atomic E-state index is 0.0786. The van der Waals surface area contributed by atoms with Crippen LogP contribution in [0.4, 0.5) is 0 Å². The lowest BCUT2D eigenvalue weighted by Gasteiger charge is -2.20. The SMILES string of the molecule is CCOC(=O)C(C(c1ccc(OC)cc1)c1cn(CC)c2ccccc12)[N+](=O)[O-]. The Kier molecular flexibility index (Phi) is 6.16. The minimum atomic E-state index is -1.56. The van der Waals surface area contributed by atoms with Crippen LogP contribution >= 0.6 is 0 Å². The molecule has 7 heteroatoms. The van der Waals surface area contributed by atoms with E-state index in [0.717, 1.165) is 16.5 Å². The third kappa shape index (κ3) is 3.94. The van der Waals surface area contributed by atoms with Crippen molar-refractivity contribution in [3.05, 3.63) is 76.0 Å². The van der Waals surface area contributed by atoms with Crippen LogP contribution in [0.2, 0.25) is 0 Å². The highest BCUT2D eigenvalue weighted by Gasteiger charge is 2.43. The zero-order chi connectivity index (χ0) is 21.0. The van der Waals surface area contributed by atoms with Crippen molar-refractivity contribution in [2.45, 2.75) is 32.4 Å². The number of hydrogen-bond acceptors (Lipinski definition) is 5. The van der Waals surface area contributed by atoms with E-state index in [0.29, 0.717) is 17.9 Å². The molecule has 29 heavy (non-hydrogen) atoms. The quantitative estimate of drug-likeness (QED) is 0.326. The Morgan fingerprint density at radius 1 is 1.14 bits per heavy atom. The molecule has 2 atom stereocenters. The molecular weight excluding hydrogens is 372 g/mol. The molecule has 7 nitrogen and oxygen atoms in total. The summed E-state index contributed by atoms with van der Waals surface area (Å²) in [4.78, 5) is 24.1. The van der Waals surface area contributed by atoms with Crippen LogP contribution in [0.3, 0.4) is 0 Å². The summed E-state index contributed by atoms with van der Waals surface area (Å²) in [5.41, 5.74) is 2.34. The number of fused-ring (bicyclic) bond motifs is 1. The number of esters is 1. The van der Waals surface area contributed by atoms with Gasteiger partial charge in [0, 0.05) is 28.6 Å². The second kappa shape index (κ2) is 8.77. The molecule has 0 bridgehead atoms. The number of rotatable bonds is 8. The van der Waals surface area contributed by atoms with Gasteiger partial charge in [0.1, 0.15) is 5.75 Å². The van der Waals surface area contributed by atoms with Gasteiger partial charge in [0.05, 0.1) is 19.6 Å². The van der Waals surface area contributed by atoms with E-state index in [4.69, 9.17) is 9.47 Å². The van der Waals surface area contributed by atoms with Gasteiger partial charge in [-0.2, -0.15) is 0 Å². The van der Waals surface area contributed by atoms with Gasteiger partial charge in [-0.15, -0.1) is 0 Å². The van der Waals surface area contributed by atoms with E-state index in [1.54, 1.807) is 38.3 Å². The molecule has 0 fully saturated rings. The van der Waals surface area contributed by atoms with Crippen LogP contribution in [0, 0.1) is 10.1 Å². The number of hydrogen-bond donors (Lipinski definition) is 0. The predicted molar refractivity (Wildman–Crippen MR) is 110 cm³/mol. The van der Waals surface area contributed by atoms with E-state index in [-0.39, 0.29) is 6.61 Å². The van der Waals surface area contributed by atoms with Crippen LogP contribution in [-0.2, 0) is 16.1 Å². The van der Waals surface area contributed by atoms with Crippen molar-refractivity contribution in [3.63, 3.8) is 0 Å². The van der Waals surface area contributed by atoms with E-state index in [9.17, 15) is 14.9 Å². The molecule has 2 unspecified atom stereocenters. The molecule has 3 aromatic rings. The normalized spacial score (nSPS) is 13.1. The Morgan fingerprint density at radius 3 is 2.41 bits per heavy atom. The second-order valence-electron chi connectivity index (χ2n) is 6.62. The zero-order valence-electron chi connectivity index (χ0n) is 16.7. The summed E-state index contributed by atoms with van der Waals surface area (Å²) in [6.07, 6.45) is 1.90. The third-order valence-corrected chi connectivity index (χ3v) is 5.04. The third-order valence-electron chi connectivity index (χ3n) is 5.04. The fourth-order valence-electron chi connectivity index (χ4n) is 3.70. The molecule has 0 radical (unpaired) electrons. The Bertz CT molecular complexity index is 1010. The van der Waals surface area contributed by atoms with Crippen molar-refractivity contribution in [1.82, 2.24) is 4.57 Å². The Balaban J connectivity index is 2.25. The number of carbonyl (C=O) groups excluding carboxylic acids is 1. The van der Waals surface area contributed by atoms with Crippen LogP contribution < -0.4 is 4.74 Å². The molecule has 0 aliphatic rings. The second-order valence-corrected chi connectivity index (χ2v) is 6.62. The number of aromatic nitrogens is 1. The lowest BCUT2D eigenvalue weighted by molar-refractivity contribution is -0.513. The van der Waals surface area contributed by atoms with E-state index in [1.807, 2.05) is 42.0 Å². The van der Waals surface area contributed by atoms with Gasteiger partial charge in [-0.1, -0.05) is 30.3 Å². The lowest BCUT2D eigenvalue weighted by atomic mass is 9.85. The van der Waals surface area contributed by atoms with Crippen LogP contribution in [0.25, 0.3) is 10.9 Å². The molecule has 1 aromatic heterocycles. The Morgan fingerprint density at radius 2 is 1.83 bits per heavy atom. The van der Waals surface area contributed by atoms with Crippen molar-refractivity contribution in [2.75, 3.05) is 13.7 Å². The van der Waals surface area contributed by atoms with E-state index in [2.05, 4.69) is 0 Å². The number of nitro groups is 1. The van der Waals surface area contributed by atoms with Gasteiger partial charge in [0.15, 0.2) is 0 Å². The fraction of sp³-hybridized carbons (Fsp3) is 0.318. The molecule has 1 heterocycles. The summed E-state index contributed by atoms with van der Waals surface area (Å²) >= 11 is 0. The first-order valence-electron chi connectivity index (χ1n) is 9.53. The number of benzene rings is 2. The number of carbonyl (C=O) groups is 1. The van der Waals surface area contributed by atoms with E-state index in [1.165, 1.54) is 0 Å². The summed E-state index contributed by atoms with van der Waals surface area (Å²) in [6, 6.07) is 13.2. The molecule has 0 saturated carbocycles. The van der Waals surface area contributed by atoms with Gasteiger partial charge < -0.3 is 14.0 Å². The smallest absolute Gasteiger partial charge is 0.382 e. The number of nitrogens with zero attached hydrogens (tertiary/aromatic N) is 2. The number of para-hydroxylation sites is 1. The topological polar surface area (TPSA) is 83.6 Å². The molecule has 0 aliphatic carbocycles. The maximum Gasteiger partial charge on any atom is 0.382 e. The fourth-order valence-corrected chi connectivity index (χ4v) is 3.70. The van der Waals surface area contributed by atoms with E-state index < -0.39 is 22.9 Å². The molecular formula is C22H24N2O5. The van der Waals surface area contributed by atoms with Crippen LogP contribution in [0.1, 0.15) is 30.9 Å². The van der Waals surface area contributed by atoms with Gasteiger partial charge >= 0.3 is 12.0 Å². The lowest BCUT2D eigenvalue weighted by Crippen LogP contribution is -2.37. The highest BCUT2D eigenvalue weighted by Crippen LogP contribution is 2.37. The summed E-state index contributed by atoms with van der Waals surface area (Å²) in [5.74, 6) is -1.00. The Hall–Kier alpha value is -3.35. The molecule has 2 aromatic carbocycles. The van der Waals surface area contributed by atoms with E-state index >= 15 is 0 Å². The van der Waals surface area contributed by atoms with Gasteiger partial charge in [-0.05, 0) is 43.2 Å². The van der Waals surface area contributed by atoms with Crippen LogP contribution in [0.5, 0.6) is 5.75 Å². The first kappa shape index (κ1) is 20.4. The summed E-state index contributed by atoms with van der Waals surface area (Å²) in [7, 11) is 1.56. The molecule has 0 aliphatic heterocycles. The summed E-state index contributed by atoms with van der Waals surface area (Å²) in [5, 5.41) is 12.9. The highest BCUT2D eigenvalue weighted by atomic mass is 16.6. The molecule has 0 saturated heterocycles. The highest BCUT2D eigenvalue weighted by molar-refractivity contribution is 5.87. The maximum absolute atomic E-state index is 12.6. The van der Waals surface area contributed by atoms with Gasteiger partial charge in [-0.25, -0.2) is 4.79 Å². The van der Waals surface area contributed by atoms with Gasteiger partial charge in [0.2, 0.25) is 0 Å². The molecule has 3 rings (SSSR count). The first-order valence-corrected chi connectivity index (χ1v) is 9.53. The average molecular weight is 396 g/mol. The van der Waals surface area contributed by atoms with Crippen molar-refractivity contribution in [2.24, 2.45) is 0 Å². The van der Waals surface area contributed by atoms with Crippen molar-refractivity contribution >= 4 is 16.9 Å². The monoisotopic (exact) mass is 396 g/mol. The standard InChI is InChI=1S/C22H24N2O5/c1-4-23-14-18(17-8-6-7-9-19(17)23)20(15-10-12-16(28-3)13-11-15)21(24(26)27)22(25)29-5-2/h6-14,20-21H,4-5H2,1-3H3. The zero-order valence-corrected chi connectivity index (χ0v) is 16.7. The molecule has 0 N–H and O–H groups in total. The number of ether oxygens (including phenoxy) is 2. The van der Waals surface area contributed by atoms with Crippen LogP contribution in [-0.4, -0.2) is 35.2 Å². The molecule has 0 spiro atoms. The van der Waals surface area contributed by atoms with Crippen LogP contribution in [0.15, 0.2) is 54.7 Å². The minimum Gasteiger partial charge on any atom is -0.497 e. The maximum atomic E-state index is 12.6. The predicted octanol–water partition coefficient (Wildman–Crippen LogP) is 4.01. The largest absolute Gasteiger partial charge is 0.497 e. The number of aryl methyl sites for hydroxylation is 1. The van der Waals surface area contributed by atoms with Gasteiger partial charge in [0.25, 0.3) is 0 Å². The summed E-state index contributed by atoms with van der Waals surface area (Å²) in [6.45, 7) is 4.43. The molecule has 152 valence electrons. The van der Waals surface area contributed by atoms with Crippen molar-refractivity contribution in [1.29, 1.82) is 0 Å². The van der Waals surface area contributed by atoms with Crippen molar-refractivity contribution in [3.8, 4) is 5.75 Å². The van der Waals surface area contributed by atoms with Gasteiger partial charge in [-0.3, -0.25) is 10.1 Å². The first-order chi connectivity index (χ1) is 14.0. The average Bonchev–Trinajstić information content (AvgIpc) is 3.10. The number of methoxy groups -OCH3 is 1.